The molecule has 1 heterocycles. The summed E-state index contributed by atoms with van der Waals surface area (Å²) in [6.07, 6.45) is 1.51. The van der Waals surface area contributed by atoms with Crippen LogP contribution in [0.4, 0.5) is 5.82 Å². The maximum Gasteiger partial charge on any atom is 0.165 e. The molecule has 0 atom stereocenters. The number of hydrogen-bond donors (Lipinski definition) is 1. The van der Waals surface area contributed by atoms with Crippen LogP contribution in [0, 0.1) is 0 Å². The van der Waals surface area contributed by atoms with E-state index in [1.54, 1.807) is 0 Å². The Morgan fingerprint density at radius 3 is 2.79 bits per heavy atom. The summed E-state index contributed by atoms with van der Waals surface area (Å²) >= 11 is 0. The van der Waals surface area contributed by atoms with Crippen molar-refractivity contribution >= 4 is 5.82 Å². The van der Waals surface area contributed by atoms with Crippen LogP contribution in [-0.4, -0.2) is 41.4 Å². The lowest BCUT2D eigenvalue weighted by Crippen LogP contribution is -2.12. The minimum absolute atomic E-state index is 0.430. The summed E-state index contributed by atoms with van der Waals surface area (Å²) in [7, 11) is 0. The van der Waals surface area contributed by atoms with Crippen molar-refractivity contribution in [2.45, 2.75) is 13.5 Å². The Bertz CT molecular complexity index is 251. The fourth-order valence-corrected chi connectivity index (χ4v) is 0.929. The van der Waals surface area contributed by atoms with Crippen molar-refractivity contribution in [3.8, 4) is 0 Å². The summed E-state index contributed by atoms with van der Waals surface area (Å²) < 4.78 is 10.4. The summed E-state index contributed by atoms with van der Waals surface area (Å²) in [6.45, 7) is 5.09. The van der Waals surface area contributed by atoms with Crippen LogP contribution >= 0.6 is 0 Å². The predicted molar refractivity (Wildman–Crippen MR) is 51.7 cm³/mol. The minimum Gasteiger partial charge on any atom is -0.381 e. The van der Waals surface area contributed by atoms with Crippen LogP contribution in [-0.2, 0) is 16.0 Å². The molecule has 0 aliphatic heterocycles. The first-order valence-electron chi connectivity index (χ1n) is 4.64. The van der Waals surface area contributed by atoms with Gasteiger partial charge in [-0.2, -0.15) is 9.90 Å². The molecule has 0 bridgehead atoms. The Balaban J connectivity index is 1.99. The largest absolute Gasteiger partial charge is 0.381 e. The lowest BCUT2D eigenvalue weighted by molar-refractivity contribution is 0.0476. The number of nitrogens with zero attached hydrogens (tertiary/aromatic N) is 3. The molecule has 6 nitrogen and oxygen atoms in total. The lowest BCUT2D eigenvalue weighted by atomic mass is 10.7. The maximum atomic E-state index is 5.39. The highest BCUT2D eigenvalue weighted by molar-refractivity contribution is 5.19. The number of hydrogen-bond acceptors (Lipinski definition) is 5. The molecule has 6 heteroatoms. The van der Waals surface area contributed by atoms with Crippen molar-refractivity contribution in [1.82, 2.24) is 15.0 Å². The summed E-state index contributed by atoms with van der Waals surface area (Å²) in [5, 5.41) is 7.84. The topological polar surface area (TPSA) is 75.2 Å². The van der Waals surface area contributed by atoms with Gasteiger partial charge < -0.3 is 15.2 Å². The second kappa shape index (κ2) is 6.33. The van der Waals surface area contributed by atoms with E-state index in [2.05, 4.69) is 10.2 Å². The van der Waals surface area contributed by atoms with Gasteiger partial charge in [0.1, 0.15) is 0 Å². The van der Waals surface area contributed by atoms with E-state index >= 15 is 0 Å². The molecule has 14 heavy (non-hydrogen) atoms. The zero-order valence-corrected chi connectivity index (χ0v) is 8.35. The standard InChI is InChI=1S/C8H16N4O2/c1-2-13-5-6-14-4-3-12-10-7-8(9)11-12/h7H,2-6H2,1H3,(H2,9,11). The van der Waals surface area contributed by atoms with Crippen molar-refractivity contribution in [2.75, 3.05) is 32.2 Å². The highest BCUT2D eigenvalue weighted by Crippen LogP contribution is 1.90. The second-order valence-electron chi connectivity index (χ2n) is 2.67. The highest BCUT2D eigenvalue weighted by Gasteiger charge is 1.95. The number of nitrogens with two attached hydrogens (primary N) is 1. The lowest BCUT2D eigenvalue weighted by Gasteiger charge is -2.03. The van der Waals surface area contributed by atoms with E-state index < -0.39 is 0 Å². The van der Waals surface area contributed by atoms with E-state index in [9.17, 15) is 0 Å². The Hall–Kier alpha value is -1.14. The third-order valence-corrected chi connectivity index (χ3v) is 1.57. The molecule has 80 valence electrons. The van der Waals surface area contributed by atoms with Crippen molar-refractivity contribution in [3.63, 3.8) is 0 Å². The van der Waals surface area contributed by atoms with Gasteiger partial charge in [0.2, 0.25) is 0 Å². The average molecular weight is 200 g/mol. The molecule has 0 aliphatic carbocycles. The minimum atomic E-state index is 0.430. The van der Waals surface area contributed by atoms with E-state index in [-0.39, 0.29) is 0 Å². The van der Waals surface area contributed by atoms with Crippen molar-refractivity contribution in [2.24, 2.45) is 0 Å². The monoisotopic (exact) mass is 200 g/mol. The number of anilines is 1. The van der Waals surface area contributed by atoms with Crippen molar-refractivity contribution in [1.29, 1.82) is 0 Å². The first-order valence-corrected chi connectivity index (χ1v) is 4.64. The molecule has 0 aromatic carbocycles. The van der Waals surface area contributed by atoms with Gasteiger partial charge in [0.15, 0.2) is 5.82 Å². The predicted octanol–water partition coefficient (Wildman–Crippen LogP) is -0.0866. The Labute approximate surface area is 83.0 Å². The number of rotatable bonds is 7. The van der Waals surface area contributed by atoms with Gasteiger partial charge in [-0.15, -0.1) is 5.10 Å². The molecule has 0 saturated carbocycles. The molecule has 1 rings (SSSR count). The summed E-state index contributed by atoms with van der Waals surface area (Å²) in [5.74, 6) is 0.430. The molecular formula is C8H16N4O2. The van der Waals surface area contributed by atoms with Crippen molar-refractivity contribution < 1.29 is 9.47 Å². The first kappa shape index (κ1) is 10.9. The third-order valence-electron chi connectivity index (χ3n) is 1.57. The fraction of sp³-hybridized carbons (Fsp3) is 0.750. The fourth-order valence-electron chi connectivity index (χ4n) is 0.929. The van der Waals surface area contributed by atoms with Crippen LogP contribution in [0.2, 0.25) is 0 Å². The Morgan fingerprint density at radius 1 is 1.36 bits per heavy atom. The van der Waals surface area contributed by atoms with Gasteiger partial charge in [-0.1, -0.05) is 0 Å². The molecule has 0 aliphatic rings. The molecule has 0 spiro atoms. The second-order valence-corrected chi connectivity index (χ2v) is 2.67. The molecule has 0 fully saturated rings. The van der Waals surface area contributed by atoms with Gasteiger partial charge in [-0.05, 0) is 6.92 Å². The summed E-state index contributed by atoms with van der Waals surface area (Å²) in [6, 6.07) is 0. The third kappa shape index (κ3) is 4.20. The van der Waals surface area contributed by atoms with Crippen LogP contribution in [0.3, 0.4) is 0 Å². The molecule has 1 aromatic heterocycles. The van der Waals surface area contributed by atoms with Crippen LogP contribution in [0.15, 0.2) is 6.20 Å². The molecule has 2 N–H and O–H groups in total. The van der Waals surface area contributed by atoms with E-state index in [0.717, 1.165) is 6.61 Å². The smallest absolute Gasteiger partial charge is 0.165 e. The summed E-state index contributed by atoms with van der Waals surface area (Å²) in [5.41, 5.74) is 5.39. The van der Waals surface area contributed by atoms with Crippen LogP contribution in [0.1, 0.15) is 6.92 Å². The van der Waals surface area contributed by atoms with Gasteiger partial charge in [-0.3, -0.25) is 0 Å². The Morgan fingerprint density at radius 2 is 2.14 bits per heavy atom. The van der Waals surface area contributed by atoms with Gasteiger partial charge in [-0.25, -0.2) is 0 Å². The normalized spacial score (nSPS) is 10.6. The van der Waals surface area contributed by atoms with E-state index in [0.29, 0.717) is 32.2 Å². The first-order chi connectivity index (χ1) is 6.83. The summed E-state index contributed by atoms with van der Waals surface area (Å²) in [4.78, 5) is 1.51. The highest BCUT2D eigenvalue weighted by atomic mass is 16.5. The molecule has 0 unspecified atom stereocenters. The molecule has 0 radical (unpaired) electrons. The quantitative estimate of drug-likeness (QED) is 0.623. The zero-order valence-electron chi connectivity index (χ0n) is 8.35. The van der Waals surface area contributed by atoms with Crippen molar-refractivity contribution in [3.05, 3.63) is 6.20 Å². The number of nitrogen functional groups attached to an aromatic ring is 1. The van der Waals surface area contributed by atoms with E-state index in [1.165, 1.54) is 11.0 Å². The van der Waals surface area contributed by atoms with E-state index in [4.69, 9.17) is 15.2 Å². The SMILES string of the molecule is CCOCCOCCn1ncc(N)n1. The molecular weight excluding hydrogens is 184 g/mol. The number of aromatic nitrogens is 3. The average Bonchev–Trinajstić information content (AvgIpc) is 2.58. The molecule has 0 amide bonds. The number of ether oxygens (including phenoxy) is 2. The van der Waals surface area contributed by atoms with Crippen LogP contribution in [0.5, 0.6) is 0 Å². The molecule has 1 aromatic rings. The van der Waals surface area contributed by atoms with Gasteiger partial charge in [0.05, 0.1) is 32.6 Å². The van der Waals surface area contributed by atoms with Crippen LogP contribution in [0.25, 0.3) is 0 Å². The van der Waals surface area contributed by atoms with Gasteiger partial charge in [0.25, 0.3) is 0 Å². The van der Waals surface area contributed by atoms with Crippen LogP contribution < -0.4 is 5.73 Å². The van der Waals surface area contributed by atoms with Gasteiger partial charge >= 0.3 is 0 Å². The Kier molecular flexibility index (Phi) is 4.95. The molecule has 0 saturated heterocycles. The van der Waals surface area contributed by atoms with Gasteiger partial charge in [0, 0.05) is 6.61 Å². The van der Waals surface area contributed by atoms with E-state index in [1.807, 2.05) is 6.92 Å². The zero-order chi connectivity index (χ0) is 10.2. The maximum absolute atomic E-state index is 5.39.